The van der Waals surface area contributed by atoms with Gasteiger partial charge < -0.3 is 21.3 Å². The fourth-order valence-corrected chi connectivity index (χ4v) is 3.67. The number of benzene rings is 2. The molecule has 1 amide bonds. The Morgan fingerprint density at radius 2 is 1.82 bits per heavy atom. The number of anilines is 5. The third-order valence-electron chi connectivity index (χ3n) is 5.46. The number of rotatable bonds is 11. The molecule has 39 heavy (non-hydrogen) atoms. The molecule has 4 rings (SSSR count). The van der Waals surface area contributed by atoms with E-state index >= 15 is 0 Å². The Bertz CT molecular complexity index is 1440. The highest BCUT2D eigenvalue weighted by atomic mass is 19.4. The first kappa shape index (κ1) is 27.3. The Morgan fingerprint density at radius 1 is 1.05 bits per heavy atom. The van der Waals surface area contributed by atoms with E-state index in [2.05, 4.69) is 42.9 Å². The molecule has 4 N–H and O–H groups in total. The van der Waals surface area contributed by atoms with Gasteiger partial charge in [-0.1, -0.05) is 43.0 Å². The molecule has 0 saturated carbocycles. The van der Waals surface area contributed by atoms with Crippen LogP contribution in [0.4, 0.5) is 42.0 Å². The normalized spacial score (nSPS) is 11.2. The van der Waals surface area contributed by atoms with Gasteiger partial charge >= 0.3 is 6.18 Å². The molecule has 12 heteroatoms. The van der Waals surface area contributed by atoms with E-state index in [9.17, 15) is 18.0 Å². The minimum absolute atomic E-state index is 0.176. The maximum Gasteiger partial charge on any atom is 0.408 e. The van der Waals surface area contributed by atoms with Crippen molar-refractivity contribution in [2.75, 3.05) is 16.0 Å². The molecule has 202 valence electrons. The van der Waals surface area contributed by atoms with Crippen LogP contribution in [0.5, 0.6) is 0 Å². The van der Waals surface area contributed by atoms with Gasteiger partial charge in [0.25, 0.3) is 0 Å². The molecule has 4 aromatic rings. The molecule has 0 aliphatic heterocycles. The van der Waals surface area contributed by atoms with E-state index in [0.29, 0.717) is 41.7 Å². The van der Waals surface area contributed by atoms with Gasteiger partial charge in [-0.25, -0.2) is 4.98 Å². The molecule has 0 radical (unpaired) electrons. The number of hydrogen-bond donors (Lipinski definition) is 4. The summed E-state index contributed by atoms with van der Waals surface area (Å²) in [5, 5.41) is 16.2. The first-order chi connectivity index (χ1) is 18.7. The number of alkyl halides is 3. The zero-order valence-corrected chi connectivity index (χ0v) is 21.1. The first-order valence-electron chi connectivity index (χ1n) is 12.0. The first-order valence-corrected chi connectivity index (χ1v) is 12.0. The predicted molar refractivity (Wildman–Crippen MR) is 144 cm³/mol. The maximum absolute atomic E-state index is 12.8. The number of carbonyl (C=O) groups is 1. The lowest BCUT2D eigenvalue weighted by Gasteiger charge is -2.14. The summed E-state index contributed by atoms with van der Waals surface area (Å²) in [6.07, 6.45) is -0.315. The number of hydrogen-bond acceptors (Lipinski definition) is 7. The Labute approximate surface area is 223 Å². The number of carbonyl (C=O) groups excluding carboxylic acids is 1. The third-order valence-corrected chi connectivity index (χ3v) is 5.46. The van der Waals surface area contributed by atoms with Gasteiger partial charge in [0.2, 0.25) is 11.9 Å². The van der Waals surface area contributed by atoms with E-state index in [-0.39, 0.29) is 11.9 Å². The van der Waals surface area contributed by atoms with Crippen molar-refractivity contribution in [1.82, 2.24) is 25.1 Å². The van der Waals surface area contributed by atoms with Crippen LogP contribution in [0.25, 0.3) is 0 Å². The molecule has 0 bridgehead atoms. The molecule has 0 spiro atoms. The third kappa shape index (κ3) is 8.14. The van der Waals surface area contributed by atoms with E-state index < -0.39 is 12.7 Å². The smallest absolute Gasteiger partial charge is 0.340 e. The fraction of sp³-hybridized carbons (Fsp3) is 0.185. The molecule has 0 aliphatic rings. The molecule has 0 fully saturated rings. The number of halogens is 3. The van der Waals surface area contributed by atoms with Crippen molar-refractivity contribution in [3.8, 4) is 0 Å². The van der Waals surface area contributed by atoms with Gasteiger partial charge in [-0.2, -0.15) is 23.3 Å². The number of amides is 1. The monoisotopic (exact) mass is 536 g/mol. The summed E-state index contributed by atoms with van der Waals surface area (Å²) in [5.74, 6) is 0.309. The minimum atomic E-state index is -4.39. The largest absolute Gasteiger partial charge is 0.408 e. The Hall–Kier alpha value is -4.71. The van der Waals surface area contributed by atoms with Crippen molar-refractivity contribution in [3.63, 3.8) is 0 Å². The second kappa shape index (κ2) is 12.2. The van der Waals surface area contributed by atoms with E-state index in [1.807, 2.05) is 36.4 Å². The summed E-state index contributed by atoms with van der Waals surface area (Å²) >= 11 is 0. The second-order valence-corrected chi connectivity index (χ2v) is 8.62. The van der Waals surface area contributed by atoms with E-state index in [0.717, 1.165) is 15.8 Å². The molecule has 9 nitrogen and oxygen atoms in total. The van der Waals surface area contributed by atoms with Gasteiger partial charge in [0.15, 0.2) is 0 Å². The summed E-state index contributed by atoms with van der Waals surface area (Å²) in [6, 6.07) is 17.0. The highest BCUT2D eigenvalue weighted by molar-refractivity contribution is 5.99. The van der Waals surface area contributed by atoms with Crippen LogP contribution in [-0.2, 0) is 24.4 Å². The fourth-order valence-electron chi connectivity index (χ4n) is 3.67. The van der Waals surface area contributed by atoms with Gasteiger partial charge in [-0.15, -0.1) is 0 Å². The Kier molecular flexibility index (Phi) is 8.56. The van der Waals surface area contributed by atoms with Crippen LogP contribution in [0.2, 0.25) is 0 Å². The van der Waals surface area contributed by atoms with Gasteiger partial charge in [-0.05, 0) is 36.8 Å². The van der Waals surface area contributed by atoms with Crippen molar-refractivity contribution in [1.29, 1.82) is 0 Å². The molecule has 2 heterocycles. The topological polar surface area (TPSA) is 109 Å². The molecule has 2 aromatic carbocycles. The van der Waals surface area contributed by atoms with Crippen LogP contribution in [0.3, 0.4) is 0 Å². The summed E-state index contributed by atoms with van der Waals surface area (Å²) in [5.41, 5.74) is 3.81. The molecular formula is C27H27F3N8O. The SMILES string of the molecule is C=CC(=O)Nc1cccc(Nc2nc(Nc3cn(CC(F)(F)F)nc3C)ncc2CNCc2ccccc2)c1. The molecule has 0 unspecified atom stereocenters. The lowest BCUT2D eigenvalue weighted by Crippen LogP contribution is -2.18. The quantitative estimate of drug-likeness (QED) is 0.189. The van der Waals surface area contributed by atoms with Gasteiger partial charge in [-0.3, -0.25) is 9.48 Å². The van der Waals surface area contributed by atoms with Crippen molar-refractivity contribution in [3.05, 3.63) is 96.5 Å². The van der Waals surface area contributed by atoms with E-state index in [1.54, 1.807) is 31.3 Å². The summed E-state index contributed by atoms with van der Waals surface area (Å²) in [4.78, 5) is 20.7. The Balaban J connectivity index is 1.56. The summed E-state index contributed by atoms with van der Waals surface area (Å²) in [6.45, 7) is 4.92. The van der Waals surface area contributed by atoms with Gasteiger partial charge in [0, 0.05) is 42.4 Å². The molecule has 0 atom stereocenters. The highest BCUT2D eigenvalue weighted by Gasteiger charge is 2.28. The van der Waals surface area contributed by atoms with Crippen LogP contribution in [0.1, 0.15) is 16.8 Å². The zero-order chi connectivity index (χ0) is 27.8. The second-order valence-electron chi connectivity index (χ2n) is 8.62. The summed E-state index contributed by atoms with van der Waals surface area (Å²) in [7, 11) is 0. The van der Waals surface area contributed by atoms with Crippen LogP contribution >= 0.6 is 0 Å². The number of nitrogens with zero attached hydrogens (tertiary/aromatic N) is 4. The predicted octanol–water partition coefficient (Wildman–Crippen LogP) is 5.45. The van der Waals surface area contributed by atoms with E-state index in [1.165, 1.54) is 12.3 Å². The van der Waals surface area contributed by atoms with Gasteiger partial charge in [0.05, 0.1) is 11.4 Å². The number of aromatic nitrogens is 4. The molecule has 0 saturated heterocycles. The highest BCUT2D eigenvalue weighted by Crippen LogP contribution is 2.25. The Morgan fingerprint density at radius 3 is 2.56 bits per heavy atom. The lowest BCUT2D eigenvalue weighted by molar-refractivity contribution is -0.142. The van der Waals surface area contributed by atoms with Gasteiger partial charge in [0.1, 0.15) is 12.4 Å². The summed E-state index contributed by atoms with van der Waals surface area (Å²) < 4.78 is 39.2. The van der Waals surface area contributed by atoms with Crippen LogP contribution in [-0.4, -0.2) is 31.8 Å². The minimum Gasteiger partial charge on any atom is -0.340 e. The van der Waals surface area contributed by atoms with Crippen molar-refractivity contribution in [2.45, 2.75) is 32.7 Å². The van der Waals surface area contributed by atoms with Crippen molar-refractivity contribution in [2.24, 2.45) is 0 Å². The van der Waals surface area contributed by atoms with Crippen molar-refractivity contribution < 1.29 is 18.0 Å². The zero-order valence-electron chi connectivity index (χ0n) is 21.1. The van der Waals surface area contributed by atoms with Crippen LogP contribution < -0.4 is 21.3 Å². The molecular weight excluding hydrogens is 509 g/mol. The average Bonchev–Trinajstić information content (AvgIpc) is 3.22. The van der Waals surface area contributed by atoms with Crippen LogP contribution in [0.15, 0.2) is 79.6 Å². The maximum atomic E-state index is 12.8. The van der Waals surface area contributed by atoms with Crippen LogP contribution in [0, 0.1) is 6.92 Å². The molecule has 2 aromatic heterocycles. The number of nitrogens with one attached hydrogen (secondary N) is 4. The standard InChI is InChI=1S/C27H27F3N8O/c1-3-24(39)33-21-10-7-11-22(12-21)34-25-20(14-31-13-19-8-5-4-6-9-19)15-32-26(36-25)35-23-16-38(37-18(23)2)17-27(28,29)30/h3-12,15-16,31H,1,13-14,17H2,2H3,(H,33,39)(H2,32,34,35,36). The van der Waals surface area contributed by atoms with E-state index in [4.69, 9.17) is 0 Å². The molecule has 0 aliphatic carbocycles. The number of aryl methyl sites for hydroxylation is 1. The lowest BCUT2D eigenvalue weighted by atomic mass is 10.2. The van der Waals surface area contributed by atoms with Crippen molar-refractivity contribution >= 4 is 34.7 Å². The average molecular weight is 537 g/mol.